The van der Waals surface area contributed by atoms with Crippen molar-refractivity contribution in [3.05, 3.63) is 99.3 Å². The average molecular weight is 349 g/mol. The van der Waals surface area contributed by atoms with E-state index in [2.05, 4.69) is 0 Å². The smallest absolute Gasteiger partial charge is 0.334 e. The van der Waals surface area contributed by atoms with Crippen molar-refractivity contribution in [1.29, 1.82) is 0 Å². The van der Waals surface area contributed by atoms with Crippen molar-refractivity contribution in [2.24, 2.45) is 0 Å². The lowest BCUT2D eigenvalue weighted by atomic mass is 9.81. The molecule has 132 valence electrons. The Labute approximate surface area is 151 Å². The molecule has 0 spiro atoms. The van der Waals surface area contributed by atoms with Gasteiger partial charge in [-0.05, 0) is 30.0 Å². The molecule has 0 aliphatic heterocycles. The summed E-state index contributed by atoms with van der Waals surface area (Å²) in [6.45, 7) is 2.00. The van der Waals surface area contributed by atoms with Gasteiger partial charge >= 0.3 is 5.97 Å². The van der Waals surface area contributed by atoms with Crippen molar-refractivity contribution < 1.29 is 14.5 Å². The maximum atomic E-state index is 12.6. The number of carbonyl (C=O) groups is 1. The van der Waals surface area contributed by atoms with Crippen LogP contribution >= 0.6 is 0 Å². The second-order valence-corrected chi connectivity index (χ2v) is 5.97. The third kappa shape index (κ3) is 3.57. The Hall–Kier alpha value is -3.21. The molecule has 0 aromatic heterocycles. The quantitative estimate of drug-likeness (QED) is 0.457. The Kier molecular flexibility index (Phi) is 5.27. The van der Waals surface area contributed by atoms with Gasteiger partial charge in [-0.15, -0.1) is 0 Å². The molecule has 0 bridgehead atoms. The number of allylic oxidation sites excluding steroid dienone is 3. The standard InChI is InChI=1S/C21H19NO4/c1-2-26-21(23)19-13-18(16-11-7-4-8-12-16)20(22(24)25)14-17(19)15-9-5-3-6-10-15/h3-12,14,18H,2,13H2,1H3. The van der Waals surface area contributed by atoms with Crippen LogP contribution in [0.3, 0.4) is 0 Å². The van der Waals surface area contributed by atoms with Gasteiger partial charge in [-0.3, -0.25) is 10.1 Å². The molecule has 0 radical (unpaired) electrons. The molecule has 5 heteroatoms. The van der Waals surface area contributed by atoms with Crippen LogP contribution in [0.4, 0.5) is 0 Å². The molecule has 1 aliphatic carbocycles. The molecular formula is C21H19NO4. The maximum absolute atomic E-state index is 12.6. The predicted molar refractivity (Wildman–Crippen MR) is 98.9 cm³/mol. The lowest BCUT2D eigenvalue weighted by Gasteiger charge is -2.23. The van der Waals surface area contributed by atoms with E-state index in [1.54, 1.807) is 6.92 Å². The van der Waals surface area contributed by atoms with E-state index in [9.17, 15) is 14.9 Å². The molecule has 0 saturated carbocycles. The number of nitro groups is 1. The van der Waals surface area contributed by atoms with Gasteiger partial charge in [-0.1, -0.05) is 60.7 Å². The minimum absolute atomic E-state index is 0.0862. The highest BCUT2D eigenvalue weighted by atomic mass is 16.6. The van der Waals surface area contributed by atoms with Crippen LogP contribution in [-0.4, -0.2) is 17.5 Å². The van der Waals surface area contributed by atoms with Gasteiger partial charge < -0.3 is 4.74 Å². The first-order chi connectivity index (χ1) is 12.6. The van der Waals surface area contributed by atoms with E-state index in [0.717, 1.165) is 11.1 Å². The van der Waals surface area contributed by atoms with Crippen molar-refractivity contribution in [3.8, 4) is 0 Å². The normalized spacial score (nSPS) is 16.8. The Balaban J connectivity index is 2.15. The number of esters is 1. The molecule has 1 unspecified atom stereocenters. The van der Waals surface area contributed by atoms with Crippen LogP contribution in [0, 0.1) is 10.1 Å². The average Bonchev–Trinajstić information content (AvgIpc) is 2.68. The summed E-state index contributed by atoms with van der Waals surface area (Å²) in [5.74, 6) is -0.913. The van der Waals surface area contributed by atoms with Gasteiger partial charge in [0.25, 0.3) is 5.70 Å². The largest absolute Gasteiger partial charge is 0.463 e. The molecule has 1 atom stereocenters. The fraction of sp³-hybridized carbons (Fsp3) is 0.190. The minimum atomic E-state index is -0.488. The van der Waals surface area contributed by atoms with E-state index in [1.165, 1.54) is 6.08 Å². The van der Waals surface area contributed by atoms with Gasteiger partial charge in [0.1, 0.15) is 0 Å². The van der Waals surface area contributed by atoms with Crippen LogP contribution in [0.15, 0.2) is 78.0 Å². The van der Waals surface area contributed by atoms with E-state index in [4.69, 9.17) is 4.74 Å². The molecule has 5 nitrogen and oxygen atoms in total. The monoisotopic (exact) mass is 349 g/mol. The number of rotatable bonds is 5. The number of benzene rings is 2. The van der Waals surface area contributed by atoms with Crippen LogP contribution in [0.1, 0.15) is 30.4 Å². The molecule has 3 rings (SSSR count). The highest BCUT2D eigenvalue weighted by molar-refractivity contribution is 6.01. The third-order valence-corrected chi connectivity index (χ3v) is 4.40. The van der Waals surface area contributed by atoms with E-state index >= 15 is 0 Å². The van der Waals surface area contributed by atoms with E-state index in [-0.39, 0.29) is 23.6 Å². The fourth-order valence-electron chi connectivity index (χ4n) is 3.19. The van der Waals surface area contributed by atoms with E-state index in [1.807, 2.05) is 60.7 Å². The molecule has 1 aliphatic rings. The van der Waals surface area contributed by atoms with Crippen LogP contribution in [0.25, 0.3) is 5.57 Å². The van der Waals surface area contributed by atoms with Gasteiger partial charge in [0.2, 0.25) is 0 Å². The second kappa shape index (κ2) is 7.78. The number of hydrogen-bond donors (Lipinski definition) is 0. The Morgan fingerprint density at radius 2 is 1.73 bits per heavy atom. The highest BCUT2D eigenvalue weighted by Crippen LogP contribution is 2.40. The Morgan fingerprint density at radius 3 is 2.31 bits per heavy atom. The SMILES string of the molecule is CCOC(=O)C1=C(c2ccccc2)C=C([N+](=O)[O-])C(c2ccccc2)C1. The Morgan fingerprint density at radius 1 is 1.12 bits per heavy atom. The summed E-state index contributed by atoms with van der Waals surface area (Å²) in [7, 11) is 0. The molecule has 2 aromatic rings. The predicted octanol–water partition coefficient (Wildman–Crippen LogP) is 4.35. The van der Waals surface area contributed by atoms with Crippen LogP contribution in [0.2, 0.25) is 0 Å². The van der Waals surface area contributed by atoms with E-state index < -0.39 is 11.9 Å². The van der Waals surface area contributed by atoms with Crippen molar-refractivity contribution in [1.82, 2.24) is 0 Å². The molecular weight excluding hydrogens is 330 g/mol. The first-order valence-electron chi connectivity index (χ1n) is 8.48. The second-order valence-electron chi connectivity index (χ2n) is 5.97. The molecule has 0 N–H and O–H groups in total. The van der Waals surface area contributed by atoms with Gasteiger partial charge in [0.05, 0.1) is 17.4 Å². The van der Waals surface area contributed by atoms with Crippen molar-refractivity contribution >= 4 is 11.5 Å². The summed E-state index contributed by atoms with van der Waals surface area (Å²) in [5, 5.41) is 11.7. The first-order valence-corrected chi connectivity index (χ1v) is 8.48. The van der Waals surface area contributed by atoms with Gasteiger partial charge in [-0.2, -0.15) is 0 Å². The van der Waals surface area contributed by atoms with Gasteiger partial charge in [0, 0.05) is 11.6 Å². The minimum Gasteiger partial charge on any atom is -0.463 e. The van der Waals surface area contributed by atoms with Gasteiger partial charge in [0.15, 0.2) is 0 Å². The highest BCUT2D eigenvalue weighted by Gasteiger charge is 2.35. The molecule has 26 heavy (non-hydrogen) atoms. The summed E-state index contributed by atoms with van der Waals surface area (Å²) in [5.41, 5.74) is 2.69. The van der Waals surface area contributed by atoms with Crippen molar-refractivity contribution in [2.45, 2.75) is 19.3 Å². The zero-order chi connectivity index (χ0) is 18.5. The van der Waals surface area contributed by atoms with Gasteiger partial charge in [-0.25, -0.2) is 4.79 Å². The summed E-state index contributed by atoms with van der Waals surface area (Å²) < 4.78 is 5.22. The topological polar surface area (TPSA) is 69.4 Å². The van der Waals surface area contributed by atoms with Crippen LogP contribution in [0.5, 0.6) is 0 Å². The zero-order valence-electron chi connectivity index (χ0n) is 14.4. The summed E-state index contributed by atoms with van der Waals surface area (Å²) >= 11 is 0. The number of ether oxygens (including phenoxy) is 1. The summed E-state index contributed by atoms with van der Waals surface area (Å²) in [6, 6.07) is 18.5. The van der Waals surface area contributed by atoms with Crippen LogP contribution in [-0.2, 0) is 9.53 Å². The molecule has 0 saturated heterocycles. The molecule has 0 fully saturated rings. The first kappa shape index (κ1) is 17.6. The third-order valence-electron chi connectivity index (χ3n) is 4.40. The fourth-order valence-corrected chi connectivity index (χ4v) is 3.19. The zero-order valence-corrected chi connectivity index (χ0v) is 14.4. The molecule has 0 heterocycles. The number of hydrogen-bond acceptors (Lipinski definition) is 4. The molecule has 2 aromatic carbocycles. The Bertz CT molecular complexity index is 869. The van der Waals surface area contributed by atoms with Crippen molar-refractivity contribution in [3.63, 3.8) is 0 Å². The van der Waals surface area contributed by atoms with Crippen LogP contribution < -0.4 is 0 Å². The van der Waals surface area contributed by atoms with E-state index in [0.29, 0.717) is 11.1 Å². The lowest BCUT2D eigenvalue weighted by Crippen LogP contribution is -2.20. The molecule has 0 amide bonds. The summed E-state index contributed by atoms with van der Waals surface area (Å²) in [4.78, 5) is 23.9. The lowest BCUT2D eigenvalue weighted by molar-refractivity contribution is -0.430. The van der Waals surface area contributed by atoms with Crippen molar-refractivity contribution in [2.75, 3.05) is 6.61 Å². The summed E-state index contributed by atoms with van der Waals surface area (Å²) in [6.07, 6.45) is 1.75. The number of carbonyl (C=O) groups excluding carboxylic acids is 1. The maximum Gasteiger partial charge on any atom is 0.334 e. The number of nitrogens with zero attached hydrogens (tertiary/aromatic N) is 1.